The lowest BCUT2D eigenvalue weighted by atomic mass is 10.0. The van der Waals surface area contributed by atoms with Gasteiger partial charge in [-0.3, -0.25) is 0 Å². The zero-order valence-electron chi connectivity index (χ0n) is 8.34. The second kappa shape index (κ2) is 7.18. The van der Waals surface area contributed by atoms with Gasteiger partial charge in [-0.25, -0.2) is 0 Å². The van der Waals surface area contributed by atoms with Gasteiger partial charge in [-0.05, 0) is 31.6 Å². The summed E-state index contributed by atoms with van der Waals surface area (Å²) in [5.74, 6) is 3.40. The number of rotatable bonds is 6. The molecule has 0 aromatic heterocycles. The molecule has 0 rings (SSSR count). The summed E-state index contributed by atoms with van der Waals surface area (Å²) in [5.41, 5.74) is 5.89. The highest BCUT2D eigenvalue weighted by molar-refractivity contribution is 4.83. The smallest absolute Gasteiger partial charge is 0.00866 e. The van der Waals surface area contributed by atoms with Crippen LogP contribution in [0, 0.1) is 18.3 Å². The van der Waals surface area contributed by atoms with Crippen LogP contribution in [-0.4, -0.2) is 6.04 Å². The van der Waals surface area contributed by atoms with Crippen molar-refractivity contribution in [1.29, 1.82) is 0 Å². The van der Waals surface area contributed by atoms with Gasteiger partial charge in [0.05, 0.1) is 0 Å². The van der Waals surface area contributed by atoms with E-state index >= 15 is 0 Å². The van der Waals surface area contributed by atoms with E-state index in [4.69, 9.17) is 12.2 Å². The molecule has 1 unspecified atom stereocenters. The zero-order chi connectivity index (χ0) is 9.40. The quantitative estimate of drug-likeness (QED) is 0.477. The van der Waals surface area contributed by atoms with Crippen molar-refractivity contribution in [3.05, 3.63) is 0 Å². The third kappa shape index (κ3) is 7.63. The molecule has 0 aliphatic rings. The molecular weight excluding hydrogens is 146 g/mol. The first kappa shape index (κ1) is 11.5. The maximum Gasteiger partial charge on any atom is 0.00866 e. The van der Waals surface area contributed by atoms with Gasteiger partial charge in [0.1, 0.15) is 0 Å². The summed E-state index contributed by atoms with van der Waals surface area (Å²) in [6.45, 7) is 4.46. The fourth-order valence-corrected chi connectivity index (χ4v) is 1.16. The van der Waals surface area contributed by atoms with Gasteiger partial charge in [0.25, 0.3) is 0 Å². The second-order valence-corrected chi connectivity index (χ2v) is 3.83. The molecule has 0 aliphatic carbocycles. The summed E-state index contributed by atoms with van der Waals surface area (Å²) in [6, 6.07) is 0.362. The number of terminal acetylenes is 1. The summed E-state index contributed by atoms with van der Waals surface area (Å²) in [7, 11) is 0. The zero-order valence-corrected chi connectivity index (χ0v) is 8.34. The van der Waals surface area contributed by atoms with Crippen LogP contribution in [0.15, 0.2) is 0 Å². The van der Waals surface area contributed by atoms with E-state index in [-0.39, 0.29) is 0 Å². The summed E-state index contributed by atoms with van der Waals surface area (Å²) in [4.78, 5) is 0. The fraction of sp³-hybridized carbons (Fsp3) is 0.818. The number of nitrogens with two attached hydrogens (primary N) is 1. The van der Waals surface area contributed by atoms with Crippen LogP contribution in [0.4, 0.5) is 0 Å². The Kier molecular flexibility index (Phi) is 6.90. The van der Waals surface area contributed by atoms with Crippen molar-refractivity contribution in [1.82, 2.24) is 0 Å². The molecule has 0 bridgehead atoms. The Labute approximate surface area is 76.7 Å². The van der Waals surface area contributed by atoms with E-state index in [0.717, 1.165) is 31.6 Å². The van der Waals surface area contributed by atoms with Gasteiger partial charge in [-0.1, -0.05) is 13.8 Å². The molecule has 0 aromatic rings. The minimum Gasteiger partial charge on any atom is -0.328 e. The van der Waals surface area contributed by atoms with E-state index in [0.29, 0.717) is 6.04 Å². The molecule has 0 saturated heterocycles. The molecule has 0 heterocycles. The van der Waals surface area contributed by atoms with Crippen molar-refractivity contribution in [3.8, 4) is 12.3 Å². The first-order valence-corrected chi connectivity index (χ1v) is 4.86. The summed E-state index contributed by atoms with van der Waals surface area (Å²) >= 11 is 0. The lowest BCUT2D eigenvalue weighted by Crippen LogP contribution is -2.20. The van der Waals surface area contributed by atoms with Gasteiger partial charge in [0, 0.05) is 12.5 Å². The van der Waals surface area contributed by atoms with E-state index in [9.17, 15) is 0 Å². The molecule has 0 saturated carbocycles. The van der Waals surface area contributed by atoms with Gasteiger partial charge in [-0.15, -0.1) is 12.3 Å². The number of hydrogen-bond donors (Lipinski definition) is 1. The molecule has 0 amide bonds. The first-order valence-electron chi connectivity index (χ1n) is 4.86. The highest BCUT2D eigenvalue weighted by Crippen LogP contribution is 2.09. The minimum atomic E-state index is 0.362. The Bertz CT molecular complexity index is 132. The van der Waals surface area contributed by atoms with Gasteiger partial charge < -0.3 is 5.73 Å². The Morgan fingerprint density at radius 2 is 1.92 bits per heavy atom. The van der Waals surface area contributed by atoms with E-state index in [1.165, 1.54) is 6.42 Å². The Balaban J connectivity index is 3.22. The van der Waals surface area contributed by atoms with Crippen LogP contribution in [-0.2, 0) is 0 Å². The topological polar surface area (TPSA) is 26.0 Å². The van der Waals surface area contributed by atoms with Crippen LogP contribution in [0.5, 0.6) is 0 Å². The molecule has 1 heteroatoms. The monoisotopic (exact) mass is 167 g/mol. The number of unbranched alkanes of at least 4 members (excludes halogenated alkanes) is 1. The van der Waals surface area contributed by atoms with Crippen molar-refractivity contribution in [3.63, 3.8) is 0 Å². The van der Waals surface area contributed by atoms with E-state index in [2.05, 4.69) is 19.8 Å². The highest BCUT2D eigenvalue weighted by atomic mass is 14.6. The maximum atomic E-state index is 5.89. The van der Waals surface area contributed by atoms with E-state index in [1.807, 2.05) is 0 Å². The molecular formula is C11H21N. The normalized spacial score (nSPS) is 12.9. The second-order valence-electron chi connectivity index (χ2n) is 3.83. The summed E-state index contributed by atoms with van der Waals surface area (Å²) < 4.78 is 0. The van der Waals surface area contributed by atoms with Crippen LogP contribution >= 0.6 is 0 Å². The number of hydrogen-bond acceptors (Lipinski definition) is 1. The Morgan fingerprint density at radius 3 is 2.42 bits per heavy atom. The Morgan fingerprint density at radius 1 is 1.25 bits per heavy atom. The van der Waals surface area contributed by atoms with E-state index in [1.54, 1.807) is 0 Å². The van der Waals surface area contributed by atoms with Crippen LogP contribution < -0.4 is 5.73 Å². The molecule has 2 N–H and O–H groups in total. The third-order valence-electron chi connectivity index (χ3n) is 2.01. The standard InChI is InChI=1S/C11H21N/c1-4-5-6-7-11(12)9-8-10(2)3/h1,10-11H,5-9,12H2,2-3H3. The average molecular weight is 167 g/mol. The molecule has 0 radical (unpaired) electrons. The van der Waals surface area contributed by atoms with E-state index < -0.39 is 0 Å². The lowest BCUT2D eigenvalue weighted by molar-refractivity contribution is 0.472. The predicted octanol–water partition coefficient (Wildman–Crippen LogP) is 2.55. The molecule has 1 atom stereocenters. The molecule has 0 fully saturated rings. The van der Waals surface area contributed by atoms with Crippen molar-refractivity contribution >= 4 is 0 Å². The molecule has 0 spiro atoms. The van der Waals surface area contributed by atoms with Crippen LogP contribution in [0.25, 0.3) is 0 Å². The van der Waals surface area contributed by atoms with Crippen molar-refractivity contribution in [2.24, 2.45) is 11.7 Å². The van der Waals surface area contributed by atoms with Gasteiger partial charge in [-0.2, -0.15) is 0 Å². The Hall–Kier alpha value is -0.480. The van der Waals surface area contributed by atoms with Gasteiger partial charge in [0.15, 0.2) is 0 Å². The fourth-order valence-electron chi connectivity index (χ4n) is 1.16. The molecule has 0 aromatic carbocycles. The predicted molar refractivity (Wildman–Crippen MR) is 54.7 cm³/mol. The first-order chi connectivity index (χ1) is 5.66. The molecule has 0 aliphatic heterocycles. The third-order valence-corrected chi connectivity index (χ3v) is 2.01. The average Bonchev–Trinajstić information content (AvgIpc) is 2.01. The van der Waals surface area contributed by atoms with Crippen molar-refractivity contribution in [2.45, 2.75) is 52.0 Å². The van der Waals surface area contributed by atoms with Crippen molar-refractivity contribution in [2.75, 3.05) is 0 Å². The lowest BCUT2D eigenvalue weighted by Gasteiger charge is -2.11. The minimum absolute atomic E-state index is 0.362. The van der Waals surface area contributed by atoms with Crippen molar-refractivity contribution < 1.29 is 0 Å². The molecule has 1 nitrogen and oxygen atoms in total. The van der Waals surface area contributed by atoms with Gasteiger partial charge in [0.2, 0.25) is 0 Å². The van der Waals surface area contributed by atoms with Crippen LogP contribution in [0.3, 0.4) is 0 Å². The SMILES string of the molecule is C#CCCCC(N)CCC(C)C. The maximum absolute atomic E-state index is 5.89. The van der Waals surface area contributed by atoms with Gasteiger partial charge >= 0.3 is 0 Å². The molecule has 70 valence electrons. The summed E-state index contributed by atoms with van der Waals surface area (Å²) in [6.07, 6.45) is 10.6. The van der Waals surface area contributed by atoms with Crippen LogP contribution in [0.1, 0.15) is 46.0 Å². The highest BCUT2D eigenvalue weighted by Gasteiger charge is 2.02. The summed E-state index contributed by atoms with van der Waals surface area (Å²) in [5, 5.41) is 0. The largest absolute Gasteiger partial charge is 0.328 e. The van der Waals surface area contributed by atoms with Crippen LogP contribution in [0.2, 0.25) is 0 Å². The molecule has 12 heavy (non-hydrogen) atoms.